The van der Waals surface area contributed by atoms with E-state index in [-0.39, 0.29) is 24.5 Å². The van der Waals surface area contributed by atoms with Crippen LogP contribution in [0, 0.1) is 5.92 Å². The molecule has 1 amide bonds. The number of carbonyl (C=O) groups is 1. The third kappa shape index (κ3) is 4.84. The molecular formula is C15H24N4O2S. The third-order valence-electron chi connectivity index (χ3n) is 3.86. The molecule has 7 heteroatoms. The second-order valence-electron chi connectivity index (χ2n) is 5.50. The molecule has 22 heavy (non-hydrogen) atoms. The van der Waals surface area contributed by atoms with E-state index in [0.29, 0.717) is 12.5 Å². The molecule has 1 aromatic heterocycles. The van der Waals surface area contributed by atoms with E-state index in [2.05, 4.69) is 20.2 Å². The number of carbonyl (C=O) groups excluding carboxylic acids is 1. The molecule has 0 unspecified atom stereocenters. The highest BCUT2D eigenvalue weighted by atomic mass is 32.2. The summed E-state index contributed by atoms with van der Waals surface area (Å²) in [5, 5.41) is 12.3. The Bertz CT molecular complexity index is 460. The molecule has 0 radical (unpaired) electrons. The zero-order chi connectivity index (χ0) is 15.8. The van der Waals surface area contributed by atoms with E-state index in [4.69, 9.17) is 0 Å². The average Bonchev–Trinajstić information content (AvgIpc) is 2.59. The van der Waals surface area contributed by atoms with Crippen LogP contribution < -0.4 is 10.2 Å². The van der Waals surface area contributed by atoms with Crippen molar-refractivity contribution in [2.24, 2.45) is 5.92 Å². The van der Waals surface area contributed by atoms with Crippen molar-refractivity contribution in [2.75, 3.05) is 36.6 Å². The normalized spacial score (nSPS) is 19.7. The summed E-state index contributed by atoms with van der Waals surface area (Å²) in [6.45, 7) is 1.50. The fourth-order valence-electron chi connectivity index (χ4n) is 2.62. The number of rotatable bonds is 7. The van der Waals surface area contributed by atoms with Gasteiger partial charge in [0.2, 0.25) is 11.9 Å². The zero-order valence-electron chi connectivity index (χ0n) is 12.9. The summed E-state index contributed by atoms with van der Waals surface area (Å²) in [6.07, 6.45) is 8.07. The molecule has 0 bridgehead atoms. The number of anilines is 1. The smallest absolute Gasteiger partial charge is 0.225 e. The number of nitrogens with zero attached hydrogens (tertiary/aromatic N) is 3. The van der Waals surface area contributed by atoms with Crippen LogP contribution in [0.2, 0.25) is 0 Å². The number of hydrogen-bond donors (Lipinski definition) is 2. The van der Waals surface area contributed by atoms with Gasteiger partial charge in [0.1, 0.15) is 0 Å². The summed E-state index contributed by atoms with van der Waals surface area (Å²) in [7, 11) is 0. The maximum Gasteiger partial charge on any atom is 0.225 e. The zero-order valence-corrected chi connectivity index (χ0v) is 13.8. The molecule has 0 aliphatic carbocycles. The predicted molar refractivity (Wildman–Crippen MR) is 89.0 cm³/mol. The molecule has 1 aromatic rings. The van der Waals surface area contributed by atoms with Gasteiger partial charge in [-0.3, -0.25) is 4.79 Å². The monoisotopic (exact) mass is 324 g/mol. The number of aliphatic hydroxyl groups is 1. The van der Waals surface area contributed by atoms with Crippen molar-refractivity contribution in [3.8, 4) is 0 Å². The molecule has 0 saturated carbocycles. The number of thioether (sulfide) groups is 1. The summed E-state index contributed by atoms with van der Waals surface area (Å²) in [6, 6.07) is 1.64. The standard InChI is InChI=1S/C15H24N4O2S/c1-22-9-5-13(11-20)18-14(21)12-4-2-8-19(10-12)15-16-6-3-7-17-15/h3,6-7,12-13,20H,2,4-5,8-11H2,1H3,(H,18,21)/t12-,13+/m0/s1. The lowest BCUT2D eigenvalue weighted by atomic mass is 9.97. The fraction of sp³-hybridized carbons (Fsp3) is 0.667. The minimum absolute atomic E-state index is 0.00939. The third-order valence-corrected chi connectivity index (χ3v) is 4.51. The van der Waals surface area contributed by atoms with Crippen LogP contribution in [-0.4, -0.2) is 58.7 Å². The van der Waals surface area contributed by atoms with Crippen molar-refractivity contribution in [2.45, 2.75) is 25.3 Å². The van der Waals surface area contributed by atoms with Crippen LogP contribution >= 0.6 is 11.8 Å². The second-order valence-corrected chi connectivity index (χ2v) is 6.49. The highest BCUT2D eigenvalue weighted by Crippen LogP contribution is 2.20. The first-order valence-electron chi connectivity index (χ1n) is 7.66. The van der Waals surface area contributed by atoms with Gasteiger partial charge in [0.15, 0.2) is 0 Å². The maximum atomic E-state index is 12.4. The Labute approximate surface area is 135 Å². The van der Waals surface area contributed by atoms with Crippen molar-refractivity contribution < 1.29 is 9.90 Å². The first-order valence-corrected chi connectivity index (χ1v) is 9.06. The van der Waals surface area contributed by atoms with E-state index in [9.17, 15) is 9.90 Å². The van der Waals surface area contributed by atoms with Gasteiger partial charge < -0.3 is 15.3 Å². The van der Waals surface area contributed by atoms with Crippen molar-refractivity contribution >= 4 is 23.6 Å². The van der Waals surface area contributed by atoms with Crippen LogP contribution in [0.25, 0.3) is 0 Å². The van der Waals surface area contributed by atoms with Crippen molar-refractivity contribution in [1.29, 1.82) is 0 Å². The van der Waals surface area contributed by atoms with Crippen LogP contribution in [0.5, 0.6) is 0 Å². The average molecular weight is 324 g/mol. The van der Waals surface area contributed by atoms with Gasteiger partial charge in [0, 0.05) is 25.5 Å². The number of piperidine rings is 1. The lowest BCUT2D eigenvalue weighted by molar-refractivity contribution is -0.126. The number of aliphatic hydroxyl groups excluding tert-OH is 1. The summed E-state index contributed by atoms with van der Waals surface area (Å²) in [5.41, 5.74) is 0. The molecule has 0 aromatic carbocycles. The Morgan fingerprint density at radius 2 is 2.32 bits per heavy atom. The summed E-state index contributed by atoms with van der Waals surface area (Å²) < 4.78 is 0. The highest BCUT2D eigenvalue weighted by molar-refractivity contribution is 7.98. The molecule has 1 saturated heterocycles. The first kappa shape index (κ1) is 17.0. The molecule has 1 aliphatic rings. The molecule has 2 atom stereocenters. The van der Waals surface area contributed by atoms with Gasteiger partial charge in [-0.25, -0.2) is 9.97 Å². The molecule has 1 fully saturated rings. The minimum atomic E-state index is -0.150. The summed E-state index contributed by atoms with van der Waals surface area (Å²) >= 11 is 1.72. The van der Waals surface area contributed by atoms with Crippen molar-refractivity contribution in [1.82, 2.24) is 15.3 Å². The van der Waals surface area contributed by atoms with Gasteiger partial charge in [0.05, 0.1) is 18.6 Å². The quantitative estimate of drug-likeness (QED) is 0.777. The van der Waals surface area contributed by atoms with Crippen molar-refractivity contribution in [3.63, 3.8) is 0 Å². The number of amides is 1. The Kier molecular flexibility index (Phi) is 6.92. The Hall–Kier alpha value is -1.34. The van der Waals surface area contributed by atoms with Gasteiger partial charge in [0.25, 0.3) is 0 Å². The topological polar surface area (TPSA) is 78.4 Å². The maximum absolute atomic E-state index is 12.4. The lowest BCUT2D eigenvalue weighted by Gasteiger charge is -2.32. The van der Waals surface area contributed by atoms with Crippen LogP contribution in [0.4, 0.5) is 5.95 Å². The van der Waals surface area contributed by atoms with Crippen LogP contribution in [0.15, 0.2) is 18.5 Å². The van der Waals surface area contributed by atoms with E-state index in [1.807, 2.05) is 6.26 Å². The second kappa shape index (κ2) is 8.95. The van der Waals surface area contributed by atoms with E-state index in [0.717, 1.165) is 31.6 Å². The number of nitrogens with one attached hydrogen (secondary N) is 1. The summed E-state index contributed by atoms with van der Waals surface area (Å²) in [5.74, 6) is 1.57. The fourth-order valence-corrected chi connectivity index (χ4v) is 3.14. The Balaban J connectivity index is 1.89. The number of aromatic nitrogens is 2. The van der Waals surface area contributed by atoms with E-state index >= 15 is 0 Å². The molecule has 122 valence electrons. The molecule has 6 nitrogen and oxygen atoms in total. The molecule has 2 rings (SSSR count). The molecule has 2 heterocycles. The molecule has 1 aliphatic heterocycles. The Morgan fingerprint density at radius 1 is 1.55 bits per heavy atom. The van der Waals surface area contributed by atoms with Crippen LogP contribution in [-0.2, 0) is 4.79 Å². The Morgan fingerprint density at radius 3 is 3.00 bits per heavy atom. The van der Waals surface area contributed by atoms with Gasteiger partial charge in [-0.05, 0) is 37.3 Å². The van der Waals surface area contributed by atoms with Gasteiger partial charge in [-0.1, -0.05) is 0 Å². The van der Waals surface area contributed by atoms with Gasteiger partial charge >= 0.3 is 0 Å². The van der Waals surface area contributed by atoms with E-state index in [1.165, 1.54) is 0 Å². The van der Waals surface area contributed by atoms with E-state index < -0.39 is 0 Å². The summed E-state index contributed by atoms with van der Waals surface area (Å²) in [4.78, 5) is 23.0. The lowest BCUT2D eigenvalue weighted by Crippen LogP contribution is -2.47. The highest BCUT2D eigenvalue weighted by Gasteiger charge is 2.28. The SMILES string of the molecule is CSCC[C@H](CO)NC(=O)[C@H]1CCCN(c2ncccn2)C1. The number of hydrogen-bond acceptors (Lipinski definition) is 6. The van der Waals surface area contributed by atoms with Gasteiger partial charge in [-0.15, -0.1) is 0 Å². The first-order chi connectivity index (χ1) is 10.7. The van der Waals surface area contributed by atoms with Crippen LogP contribution in [0.1, 0.15) is 19.3 Å². The minimum Gasteiger partial charge on any atom is -0.394 e. The van der Waals surface area contributed by atoms with Crippen molar-refractivity contribution in [3.05, 3.63) is 18.5 Å². The van der Waals surface area contributed by atoms with E-state index in [1.54, 1.807) is 30.2 Å². The molecule has 0 spiro atoms. The predicted octanol–water partition coefficient (Wildman–Crippen LogP) is 0.923. The van der Waals surface area contributed by atoms with Crippen LogP contribution in [0.3, 0.4) is 0 Å². The molecule has 2 N–H and O–H groups in total. The largest absolute Gasteiger partial charge is 0.394 e. The molecular weight excluding hydrogens is 300 g/mol. The van der Waals surface area contributed by atoms with Gasteiger partial charge in [-0.2, -0.15) is 11.8 Å².